The van der Waals surface area contributed by atoms with E-state index in [2.05, 4.69) is 10.6 Å². The molecule has 1 heterocycles. The Morgan fingerprint density at radius 1 is 1.12 bits per heavy atom. The third kappa shape index (κ3) is 6.31. The van der Waals surface area contributed by atoms with Gasteiger partial charge in [0.05, 0.1) is 24.2 Å². The van der Waals surface area contributed by atoms with Gasteiger partial charge in [-0.25, -0.2) is 17.1 Å². The second kappa shape index (κ2) is 10.9. The van der Waals surface area contributed by atoms with Gasteiger partial charge >= 0.3 is 0 Å². The lowest BCUT2D eigenvalue weighted by Gasteiger charge is -2.31. The van der Waals surface area contributed by atoms with Crippen LogP contribution in [0.5, 0.6) is 5.75 Å². The lowest BCUT2D eigenvalue weighted by Crippen LogP contribution is -2.46. The van der Waals surface area contributed by atoms with Crippen molar-refractivity contribution in [1.82, 2.24) is 14.5 Å². The van der Waals surface area contributed by atoms with Crippen molar-refractivity contribution in [3.8, 4) is 5.75 Å². The number of rotatable bonds is 8. The monoisotopic (exact) mass is 492 g/mol. The van der Waals surface area contributed by atoms with E-state index in [1.54, 1.807) is 0 Å². The third-order valence-corrected chi connectivity index (χ3v) is 7.43. The van der Waals surface area contributed by atoms with Crippen LogP contribution in [-0.2, 0) is 14.8 Å². The van der Waals surface area contributed by atoms with Gasteiger partial charge in [-0.15, -0.1) is 0 Å². The van der Waals surface area contributed by atoms with Crippen molar-refractivity contribution in [2.45, 2.75) is 23.8 Å². The number of anilines is 1. The van der Waals surface area contributed by atoms with Crippen LogP contribution in [0.25, 0.3) is 0 Å². The third-order valence-electron chi connectivity index (χ3n) is 5.62. The molecular weight excluding hydrogens is 463 g/mol. The smallest absolute Gasteiger partial charge is 0.251 e. The van der Waals surface area contributed by atoms with E-state index in [1.807, 2.05) is 4.90 Å². The minimum atomic E-state index is -3.66. The number of carbonyl (C=O) groups is 2. The Morgan fingerprint density at radius 3 is 2.35 bits per heavy atom. The molecule has 0 aromatic heterocycles. The van der Waals surface area contributed by atoms with Crippen LogP contribution in [0.4, 0.5) is 10.1 Å². The number of nitrogens with one attached hydrogen (secondary N) is 2. The number of likely N-dealkylation sites (tertiary alicyclic amines) is 1. The number of methoxy groups -OCH3 is 1. The van der Waals surface area contributed by atoms with E-state index < -0.39 is 15.8 Å². The average molecular weight is 493 g/mol. The molecule has 1 saturated heterocycles. The van der Waals surface area contributed by atoms with Gasteiger partial charge in [0, 0.05) is 38.8 Å². The molecule has 34 heavy (non-hydrogen) atoms. The normalized spacial score (nSPS) is 15.2. The summed E-state index contributed by atoms with van der Waals surface area (Å²) < 4.78 is 44.2. The molecule has 1 fully saturated rings. The van der Waals surface area contributed by atoms with Crippen LogP contribution in [0, 0.1) is 5.82 Å². The maximum absolute atomic E-state index is 13.0. The summed E-state index contributed by atoms with van der Waals surface area (Å²) in [7, 11) is 0.646. The molecule has 0 saturated carbocycles. The van der Waals surface area contributed by atoms with Crippen LogP contribution in [0.15, 0.2) is 47.4 Å². The van der Waals surface area contributed by atoms with Gasteiger partial charge in [-0.1, -0.05) is 0 Å². The number of piperidine rings is 1. The van der Waals surface area contributed by atoms with Gasteiger partial charge in [-0.05, 0) is 55.3 Å². The first kappa shape index (κ1) is 25.6. The summed E-state index contributed by atoms with van der Waals surface area (Å²) in [6.07, 6.45) is 1.33. The van der Waals surface area contributed by atoms with Crippen molar-refractivity contribution in [2.24, 2.45) is 0 Å². The quantitative estimate of drug-likeness (QED) is 0.583. The van der Waals surface area contributed by atoms with Gasteiger partial charge in [0.15, 0.2) is 0 Å². The minimum Gasteiger partial charge on any atom is -0.495 e. The summed E-state index contributed by atoms with van der Waals surface area (Å²) in [4.78, 5) is 27.0. The summed E-state index contributed by atoms with van der Waals surface area (Å²) in [5.74, 6) is -0.595. The zero-order valence-electron chi connectivity index (χ0n) is 19.4. The van der Waals surface area contributed by atoms with Crippen molar-refractivity contribution in [2.75, 3.05) is 46.2 Å². The number of nitrogens with zero attached hydrogens (tertiary/aromatic N) is 2. The van der Waals surface area contributed by atoms with E-state index in [0.29, 0.717) is 37.2 Å². The first-order chi connectivity index (χ1) is 16.1. The number of sulfonamides is 1. The number of hydrogen-bond acceptors (Lipinski definition) is 6. The number of halogens is 1. The molecule has 2 N–H and O–H groups in total. The first-order valence-corrected chi connectivity index (χ1v) is 12.2. The average Bonchev–Trinajstić information content (AvgIpc) is 2.80. The molecule has 0 aliphatic carbocycles. The molecule has 2 aromatic carbocycles. The van der Waals surface area contributed by atoms with Crippen molar-refractivity contribution in [1.29, 1.82) is 0 Å². The number of hydrogen-bond donors (Lipinski definition) is 2. The summed E-state index contributed by atoms with van der Waals surface area (Å²) in [5, 5.41) is 5.69. The molecule has 184 valence electrons. The predicted octanol–water partition coefficient (Wildman–Crippen LogP) is 1.92. The summed E-state index contributed by atoms with van der Waals surface area (Å²) in [5.41, 5.74) is 0.674. The van der Waals surface area contributed by atoms with Crippen molar-refractivity contribution in [3.63, 3.8) is 0 Å². The predicted molar refractivity (Wildman–Crippen MR) is 126 cm³/mol. The fraction of sp³-hybridized carbons (Fsp3) is 0.391. The molecular formula is C23H29FN4O5S. The molecule has 3 rings (SSSR count). The standard InChI is InChI=1S/C23H29FN4O5S/c1-27(2)34(31,32)19-8-9-21(33-3)20(14-19)26-22(29)15-28-12-10-18(11-13-28)25-23(30)16-4-6-17(24)7-5-16/h4-9,14,18H,10-13,15H2,1-3H3,(H,25,30)(H,26,29). The van der Waals surface area contributed by atoms with E-state index in [-0.39, 0.29) is 35.0 Å². The van der Waals surface area contributed by atoms with Crippen LogP contribution in [-0.4, -0.2) is 76.3 Å². The first-order valence-electron chi connectivity index (χ1n) is 10.8. The van der Waals surface area contributed by atoms with Crippen molar-refractivity contribution >= 4 is 27.5 Å². The summed E-state index contributed by atoms with van der Waals surface area (Å²) in [6.45, 7) is 1.33. The van der Waals surface area contributed by atoms with Crippen LogP contribution >= 0.6 is 0 Å². The highest BCUT2D eigenvalue weighted by Crippen LogP contribution is 2.28. The Bertz CT molecular complexity index is 1130. The van der Waals surface area contributed by atoms with E-state index in [1.165, 1.54) is 63.7 Å². The van der Waals surface area contributed by atoms with Gasteiger partial charge < -0.3 is 15.4 Å². The van der Waals surface area contributed by atoms with Gasteiger partial charge in [0.2, 0.25) is 15.9 Å². The fourth-order valence-electron chi connectivity index (χ4n) is 3.65. The molecule has 11 heteroatoms. The Kier molecular flexibility index (Phi) is 8.24. The lowest BCUT2D eigenvalue weighted by atomic mass is 10.0. The van der Waals surface area contributed by atoms with Gasteiger partial charge in [-0.2, -0.15) is 0 Å². The molecule has 0 spiro atoms. The molecule has 0 unspecified atom stereocenters. The molecule has 2 amide bonds. The maximum Gasteiger partial charge on any atom is 0.251 e. The zero-order valence-corrected chi connectivity index (χ0v) is 20.2. The zero-order chi connectivity index (χ0) is 24.9. The maximum atomic E-state index is 13.0. The van der Waals surface area contributed by atoms with E-state index in [4.69, 9.17) is 4.74 Å². The summed E-state index contributed by atoms with van der Waals surface area (Å²) >= 11 is 0. The Labute approximate surface area is 198 Å². The summed E-state index contributed by atoms with van der Waals surface area (Å²) in [6, 6.07) is 9.64. The van der Waals surface area contributed by atoms with Crippen LogP contribution in [0.1, 0.15) is 23.2 Å². The highest BCUT2D eigenvalue weighted by Gasteiger charge is 2.24. The number of benzene rings is 2. The van der Waals surface area contributed by atoms with E-state index in [0.717, 1.165) is 4.31 Å². The Morgan fingerprint density at radius 2 is 1.76 bits per heavy atom. The van der Waals surface area contributed by atoms with Crippen molar-refractivity contribution < 1.29 is 27.1 Å². The topological polar surface area (TPSA) is 108 Å². The molecule has 2 aromatic rings. The molecule has 0 atom stereocenters. The molecule has 0 bridgehead atoms. The number of amides is 2. The SMILES string of the molecule is COc1ccc(S(=O)(=O)N(C)C)cc1NC(=O)CN1CCC(NC(=O)c2ccc(F)cc2)CC1. The Hall–Kier alpha value is -3.02. The molecule has 1 aliphatic heterocycles. The number of ether oxygens (including phenoxy) is 1. The minimum absolute atomic E-state index is 0.0371. The Balaban J connectivity index is 1.54. The van der Waals surface area contributed by atoms with Gasteiger partial charge in [0.25, 0.3) is 5.91 Å². The van der Waals surface area contributed by atoms with Crippen LogP contribution in [0.2, 0.25) is 0 Å². The van der Waals surface area contributed by atoms with Gasteiger partial charge in [0.1, 0.15) is 11.6 Å². The largest absolute Gasteiger partial charge is 0.495 e. The van der Waals surface area contributed by atoms with E-state index >= 15 is 0 Å². The van der Waals surface area contributed by atoms with Crippen molar-refractivity contribution in [3.05, 3.63) is 53.8 Å². The van der Waals surface area contributed by atoms with Crippen LogP contribution in [0.3, 0.4) is 0 Å². The lowest BCUT2D eigenvalue weighted by molar-refractivity contribution is -0.117. The number of carbonyl (C=O) groups excluding carboxylic acids is 2. The highest BCUT2D eigenvalue weighted by atomic mass is 32.2. The highest BCUT2D eigenvalue weighted by molar-refractivity contribution is 7.89. The fourth-order valence-corrected chi connectivity index (χ4v) is 4.58. The van der Waals surface area contributed by atoms with Crippen LogP contribution < -0.4 is 15.4 Å². The van der Waals surface area contributed by atoms with Gasteiger partial charge in [-0.3, -0.25) is 14.5 Å². The molecule has 9 nitrogen and oxygen atoms in total. The second-order valence-corrected chi connectivity index (χ2v) is 10.4. The molecule has 0 radical (unpaired) electrons. The molecule has 1 aliphatic rings. The van der Waals surface area contributed by atoms with E-state index in [9.17, 15) is 22.4 Å². The second-order valence-electron chi connectivity index (χ2n) is 8.23.